The quantitative estimate of drug-likeness (QED) is 0.360. The topological polar surface area (TPSA) is 52.0 Å². The number of hydrogen-bond donors (Lipinski definition) is 1. The number of benzene rings is 3. The molecule has 0 saturated heterocycles. The second-order valence-electron chi connectivity index (χ2n) is 7.49. The number of aromatic nitrogens is 3. The fraction of sp³-hybridized carbons (Fsp3) is 0.0833. The Morgan fingerprint density at radius 2 is 1.77 bits per heavy atom. The first-order valence-corrected chi connectivity index (χ1v) is 11.0. The minimum absolute atomic E-state index is 0.171. The van der Waals surface area contributed by atoms with Gasteiger partial charge in [0.1, 0.15) is 24.2 Å². The van der Waals surface area contributed by atoms with E-state index in [1.165, 1.54) is 0 Å². The number of fused-ring (bicyclic) bond motifs is 3. The van der Waals surface area contributed by atoms with Gasteiger partial charge in [-0.3, -0.25) is 0 Å². The van der Waals surface area contributed by atoms with Crippen LogP contribution in [0.3, 0.4) is 0 Å². The molecule has 1 N–H and O–H groups in total. The van der Waals surface area contributed by atoms with E-state index in [2.05, 4.69) is 55.6 Å². The first kappa shape index (κ1) is 18.7. The Labute approximate surface area is 192 Å². The van der Waals surface area contributed by atoms with Gasteiger partial charge in [-0.15, -0.1) is 0 Å². The maximum absolute atomic E-state index is 6.59. The zero-order valence-electron chi connectivity index (χ0n) is 16.2. The van der Waals surface area contributed by atoms with Crippen molar-refractivity contribution in [1.29, 1.82) is 0 Å². The second kappa shape index (κ2) is 7.25. The van der Waals surface area contributed by atoms with Gasteiger partial charge in [-0.2, -0.15) is 10.1 Å². The zero-order chi connectivity index (χ0) is 20.9. The Morgan fingerprint density at radius 3 is 2.58 bits per heavy atom. The summed E-state index contributed by atoms with van der Waals surface area (Å²) >= 11 is 9.90. The largest absolute Gasteiger partial charge is 0.480 e. The third-order valence-electron chi connectivity index (χ3n) is 5.66. The molecule has 0 radical (unpaired) electrons. The molecule has 0 saturated carbocycles. The Kier molecular flexibility index (Phi) is 4.37. The lowest BCUT2D eigenvalue weighted by atomic mass is 9.84. The monoisotopic (exact) mass is 490 g/mol. The van der Waals surface area contributed by atoms with Crippen LogP contribution in [0.15, 0.2) is 89.2 Å². The summed E-state index contributed by atoms with van der Waals surface area (Å²) in [5, 5.41) is 8.69. The molecule has 5 nitrogen and oxygen atoms in total. The van der Waals surface area contributed by atoms with Gasteiger partial charge in [0, 0.05) is 20.6 Å². The lowest BCUT2D eigenvalue weighted by molar-refractivity contribution is 0.223. The summed E-state index contributed by atoms with van der Waals surface area (Å²) in [4.78, 5) is 4.45. The van der Waals surface area contributed by atoms with E-state index >= 15 is 0 Å². The van der Waals surface area contributed by atoms with Gasteiger partial charge in [-0.1, -0.05) is 70.0 Å². The molecule has 0 bridgehead atoms. The maximum Gasteiger partial charge on any atom is 0.226 e. The molecule has 31 heavy (non-hydrogen) atoms. The molecule has 6 rings (SSSR count). The maximum atomic E-state index is 6.59. The highest BCUT2D eigenvalue weighted by Gasteiger charge is 2.40. The predicted octanol–water partition coefficient (Wildman–Crippen LogP) is 6.25. The minimum Gasteiger partial charge on any atom is -0.480 e. The summed E-state index contributed by atoms with van der Waals surface area (Å²) in [6.45, 7) is 0. The normalized spacial score (nSPS) is 19.0. The molecule has 2 atom stereocenters. The average molecular weight is 492 g/mol. The van der Waals surface area contributed by atoms with Crippen LogP contribution in [0.4, 0.5) is 5.95 Å². The highest BCUT2D eigenvalue weighted by Crippen LogP contribution is 2.51. The first-order valence-electron chi connectivity index (χ1n) is 9.86. The molecular weight excluding hydrogens is 476 g/mol. The number of hydrogen-bond acceptors (Lipinski definition) is 4. The van der Waals surface area contributed by atoms with E-state index < -0.39 is 0 Å². The Bertz CT molecular complexity index is 1320. The Morgan fingerprint density at radius 1 is 0.968 bits per heavy atom. The van der Waals surface area contributed by atoms with E-state index in [4.69, 9.17) is 16.3 Å². The van der Waals surface area contributed by atoms with Crippen LogP contribution in [-0.4, -0.2) is 14.8 Å². The third-order valence-corrected chi connectivity index (χ3v) is 6.43. The van der Waals surface area contributed by atoms with Crippen molar-refractivity contribution in [2.45, 2.75) is 12.1 Å². The van der Waals surface area contributed by atoms with E-state index in [0.29, 0.717) is 11.0 Å². The van der Waals surface area contributed by atoms with Gasteiger partial charge in [0.2, 0.25) is 5.95 Å². The number of anilines is 1. The van der Waals surface area contributed by atoms with Crippen molar-refractivity contribution >= 4 is 39.2 Å². The van der Waals surface area contributed by atoms with Crippen LogP contribution >= 0.6 is 27.5 Å². The van der Waals surface area contributed by atoms with Gasteiger partial charge in [-0.25, -0.2) is 4.68 Å². The number of halogens is 2. The number of nitrogens with one attached hydrogen (secondary N) is 1. The molecule has 0 fully saturated rings. The van der Waals surface area contributed by atoms with E-state index in [1.54, 1.807) is 6.33 Å². The first-order chi connectivity index (χ1) is 15.2. The fourth-order valence-corrected chi connectivity index (χ4v) is 4.75. The van der Waals surface area contributed by atoms with E-state index in [1.807, 2.05) is 53.2 Å². The van der Waals surface area contributed by atoms with Gasteiger partial charge in [0.25, 0.3) is 0 Å². The van der Waals surface area contributed by atoms with Crippen molar-refractivity contribution in [1.82, 2.24) is 14.8 Å². The molecule has 4 aromatic rings. The Hall–Kier alpha value is -3.09. The molecule has 3 aromatic carbocycles. The van der Waals surface area contributed by atoms with Crippen molar-refractivity contribution in [3.63, 3.8) is 0 Å². The number of rotatable bonds is 2. The van der Waals surface area contributed by atoms with Crippen molar-refractivity contribution in [2.24, 2.45) is 0 Å². The predicted molar refractivity (Wildman–Crippen MR) is 124 cm³/mol. The van der Waals surface area contributed by atoms with Gasteiger partial charge < -0.3 is 10.1 Å². The molecule has 0 amide bonds. The van der Waals surface area contributed by atoms with Crippen molar-refractivity contribution < 1.29 is 4.74 Å². The number of nitrogens with zero attached hydrogens (tertiary/aromatic N) is 3. The highest BCUT2D eigenvalue weighted by molar-refractivity contribution is 9.10. The van der Waals surface area contributed by atoms with Crippen LogP contribution in [0.1, 0.15) is 28.8 Å². The molecule has 7 heteroatoms. The minimum atomic E-state index is -0.299. The van der Waals surface area contributed by atoms with Gasteiger partial charge >= 0.3 is 0 Å². The zero-order valence-corrected chi connectivity index (χ0v) is 18.5. The molecular formula is C24H16BrClN4O. The van der Waals surface area contributed by atoms with Gasteiger partial charge in [0.15, 0.2) is 0 Å². The fourth-order valence-electron chi connectivity index (χ4n) is 4.31. The summed E-state index contributed by atoms with van der Waals surface area (Å²) in [5.74, 6) is 1.47. The summed E-state index contributed by atoms with van der Waals surface area (Å²) in [7, 11) is 0. The van der Waals surface area contributed by atoms with Crippen molar-refractivity contribution in [2.75, 3.05) is 5.32 Å². The van der Waals surface area contributed by atoms with Crippen LogP contribution in [0, 0.1) is 0 Å². The summed E-state index contributed by atoms with van der Waals surface area (Å²) < 4.78 is 9.53. The number of ether oxygens (including phenoxy) is 1. The van der Waals surface area contributed by atoms with Crippen LogP contribution < -0.4 is 10.1 Å². The lowest BCUT2D eigenvalue weighted by Gasteiger charge is -2.39. The molecule has 2 aliphatic rings. The van der Waals surface area contributed by atoms with E-state index in [-0.39, 0.29) is 12.1 Å². The third kappa shape index (κ3) is 3.06. The highest BCUT2D eigenvalue weighted by atomic mass is 79.9. The molecule has 152 valence electrons. The molecule has 2 aliphatic heterocycles. The Balaban J connectivity index is 1.64. The van der Waals surface area contributed by atoms with Crippen LogP contribution in [0.2, 0.25) is 5.02 Å². The van der Waals surface area contributed by atoms with Crippen molar-refractivity contribution in [3.8, 4) is 5.75 Å². The summed E-state index contributed by atoms with van der Waals surface area (Å²) in [5.41, 5.74) is 5.13. The second-order valence-corrected chi connectivity index (χ2v) is 8.84. The van der Waals surface area contributed by atoms with Crippen LogP contribution in [-0.2, 0) is 0 Å². The molecule has 0 spiro atoms. The van der Waals surface area contributed by atoms with E-state index in [9.17, 15) is 0 Å². The molecule has 1 aromatic heterocycles. The van der Waals surface area contributed by atoms with Crippen LogP contribution in [0.25, 0.3) is 5.70 Å². The lowest BCUT2D eigenvalue weighted by Crippen LogP contribution is -2.32. The van der Waals surface area contributed by atoms with Gasteiger partial charge in [0.05, 0.1) is 5.70 Å². The molecule has 0 unspecified atom stereocenters. The average Bonchev–Trinajstić information content (AvgIpc) is 3.27. The van der Waals surface area contributed by atoms with Crippen LogP contribution in [0.5, 0.6) is 5.75 Å². The van der Waals surface area contributed by atoms with Crippen molar-refractivity contribution in [3.05, 3.63) is 111 Å². The summed E-state index contributed by atoms with van der Waals surface area (Å²) in [6, 6.07) is 24.1. The standard InChI is InChI=1S/C24H16BrClN4O/c25-16-8-6-15(7-9-16)23-20-21(18-12-17(26)10-11-19(18)31-23)29-24-27-13-28-30(24)22(20)14-4-2-1-3-5-14/h1-13,22-23H,(H,27,28,29)/t22-,23-/m1/s1. The SMILES string of the molecule is Clc1ccc2c(c1)C1=C([C@@H](c3ccc(Br)cc3)O2)[C@@H](c2ccccc2)n2ncnc2N1. The molecule has 3 heterocycles. The van der Waals surface area contributed by atoms with E-state index in [0.717, 1.165) is 38.2 Å². The smallest absolute Gasteiger partial charge is 0.226 e. The van der Waals surface area contributed by atoms with Gasteiger partial charge in [-0.05, 0) is 41.5 Å². The molecule has 0 aliphatic carbocycles. The summed E-state index contributed by atoms with van der Waals surface area (Å²) in [6.07, 6.45) is 1.28.